The van der Waals surface area contributed by atoms with Crippen molar-refractivity contribution in [3.63, 3.8) is 0 Å². The van der Waals surface area contributed by atoms with Crippen molar-refractivity contribution in [1.82, 2.24) is 15.6 Å². The Morgan fingerprint density at radius 2 is 1.79 bits per heavy atom. The molecule has 0 spiro atoms. The van der Waals surface area contributed by atoms with E-state index in [1.807, 2.05) is 0 Å². The SMILES string of the molecule is CNC(=O)c1cc(Oc2ccc(CNC(=O)Nc3cc(O)c([N+](=O)[O-])cc3O)cc2)ccn1. The van der Waals surface area contributed by atoms with Crippen LogP contribution in [-0.2, 0) is 6.54 Å². The summed E-state index contributed by atoms with van der Waals surface area (Å²) in [5.74, 6) is -0.659. The maximum Gasteiger partial charge on any atom is 0.319 e. The molecule has 0 bridgehead atoms. The number of carbonyl (C=O) groups is 2. The Hall–Kier alpha value is -4.87. The highest BCUT2D eigenvalue weighted by Crippen LogP contribution is 2.36. The van der Waals surface area contributed by atoms with E-state index < -0.39 is 28.1 Å². The molecule has 0 atom stereocenters. The molecule has 3 rings (SSSR count). The first kappa shape index (κ1) is 22.8. The number of phenolic OH excluding ortho intramolecular Hbond substituents is 2. The second-order valence-electron chi connectivity index (χ2n) is 6.62. The summed E-state index contributed by atoms with van der Waals surface area (Å²) in [6, 6.07) is 10.8. The van der Waals surface area contributed by atoms with E-state index in [1.54, 1.807) is 30.3 Å². The minimum Gasteiger partial charge on any atom is -0.505 e. The molecule has 1 heterocycles. The van der Waals surface area contributed by atoms with Crippen LogP contribution < -0.4 is 20.7 Å². The molecule has 33 heavy (non-hydrogen) atoms. The number of benzene rings is 2. The summed E-state index contributed by atoms with van der Waals surface area (Å²) >= 11 is 0. The molecule has 12 heteroatoms. The number of hydrogen-bond acceptors (Lipinski definition) is 8. The summed E-state index contributed by atoms with van der Waals surface area (Å²) in [5.41, 5.74) is 0.0773. The fraction of sp³-hybridized carbons (Fsp3) is 0.0952. The maximum absolute atomic E-state index is 12.1. The van der Waals surface area contributed by atoms with Gasteiger partial charge in [0.2, 0.25) is 0 Å². The molecule has 0 saturated carbocycles. The monoisotopic (exact) mass is 453 g/mol. The third kappa shape index (κ3) is 5.85. The number of carbonyl (C=O) groups excluding carboxylic acids is 2. The number of aromatic hydroxyl groups is 2. The molecule has 1 aromatic heterocycles. The van der Waals surface area contributed by atoms with Gasteiger partial charge in [0, 0.05) is 31.9 Å². The predicted molar refractivity (Wildman–Crippen MR) is 116 cm³/mol. The zero-order valence-electron chi connectivity index (χ0n) is 17.2. The first-order valence-electron chi connectivity index (χ1n) is 9.47. The molecule has 0 aliphatic heterocycles. The number of nitrogens with one attached hydrogen (secondary N) is 3. The number of aromatic nitrogens is 1. The van der Waals surface area contributed by atoms with Gasteiger partial charge in [0.25, 0.3) is 5.91 Å². The van der Waals surface area contributed by atoms with Crippen molar-refractivity contribution in [3.05, 3.63) is 76.1 Å². The third-order valence-corrected chi connectivity index (χ3v) is 4.34. The number of anilines is 1. The predicted octanol–water partition coefficient (Wildman–Crippen LogP) is 2.87. The lowest BCUT2D eigenvalue weighted by molar-refractivity contribution is -0.385. The molecular weight excluding hydrogens is 434 g/mol. The lowest BCUT2D eigenvalue weighted by Gasteiger charge is -2.10. The first-order chi connectivity index (χ1) is 15.8. The lowest BCUT2D eigenvalue weighted by Crippen LogP contribution is -2.28. The Balaban J connectivity index is 1.56. The fourth-order valence-corrected chi connectivity index (χ4v) is 2.70. The van der Waals surface area contributed by atoms with Crippen LogP contribution in [0.2, 0.25) is 0 Å². The average Bonchev–Trinajstić information content (AvgIpc) is 2.80. The highest BCUT2D eigenvalue weighted by molar-refractivity contribution is 5.92. The van der Waals surface area contributed by atoms with E-state index in [-0.39, 0.29) is 23.8 Å². The summed E-state index contributed by atoms with van der Waals surface area (Å²) in [6.45, 7) is 0.127. The van der Waals surface area contributed by atoms with Crippen LogP contribution >= 0.6 is 0 Å². The molecule has 0 saturated heterocycles. The van der Waals surface area contributed by atoms with Gasteiger partial charge >= 0.3 is 11.7 Å². The van der Waals surface area contributed by atoms with Gasteiger partial charge in [-0.25, -0.2) is 4.79 Å². The zero-order valence-corrected chi connectivity index (χ0v) is 17.2. The third-order valence-electron chi connectivity index (χ3n) is 4.34. The summed E-state index contributed by atoms with van der Waals surface area (Å²) in [5, 5.41) is 37.5. The van der Waals surface area contributed by atoms with Crippen molar-refractivity contribution in [2.45, 2.75) is 6.54 Å². The topological polar surface area (TPSA) is 176 Å². The van der Waals surface area contributed by atoms with Crippen molar-refractivity contribution < 1.29 is 29.5 Å². The van der Waals surface area contributed by atoms with Crippen LogP contribution in [0.4, 0.5) is 16.2 Å². The van der Waals surface area contributed by atoms with E-state index in [9.17, 15) is 29.9 Å². The molecule has 0 radical (unpaired) electrons. The number of ether oxygens (including phenoxy) is 1. The average molecular weight is 453 g/mol. The largest absolute Gasteiger partial charge is 0.505 e. The fourth-order valence-electron chi connectivity index (χ4n) is 2.70. The highest BCUT2D eigenvalue weighted by atomic mass is 16.6. The van der Waals surface area contributed by atoms with Gasteiger partial charge in [-0.1, -0.05) is 12.1 Å². The highest BCUT2D eigenvalue weighted by Gasteiger charge is 2.18. The minimum absolute atomic E-state index is 0.127. The molecule has 5 N–H and O–H groups in total. The zero-order chi connectivity index (χ0) is 24.0. The van der Waals surface area contributed by atoms with Gasteiger partial charge in [0.1, 0.15) is 22.9 Å². The van der Waals surface area contributed by atoms with E-state index in [0.717, 1.165) is 17.7 Å². The van der Waals surface area contributed by atoms with Crippen LogP contribution in [0.3, 0.4) is 0 Å². The Labute approximate surface area is 187 Å². The van der Waals surface area contributed by atoms with Gasteiger partial charge in [0.05, 0.1) is 16.7 Å². The number of pyridine rings is 1. The van der Waals surface area contributed by atoms with Crippen LogP contribution in [0.25, 0.3) is 0 Å². The number of nitrogens with zero attached hydrogens (tertiary/aromatic N) is 2. The Morgan fingerprint density at radius 1 is 1.06 bits per heavy atom. The molecule has 0 fully saturated rings. The van der Waals surface area contributed by atoms with Gasteiger partial charge in [0.15, 0.2) is 5.75 Å². The standard InChI is InChI=1S/C21H19N5O7/c1-22-20(29)16-8-14(6-7-23-16)33-13-4-2-12(3-5-13)11-24-21(30)25-15-9-19(28)17(26(31)32)10-18(15)27/h2-10,27-28H,11H2,1H3,(H,22,29)(H2,24,25,30). The molecular formula is C21H19N5O7. The lowest BCUT2D eigenvalue weighted by atomic mass is 10.2. The molecule has 2 aromatic carbocycles. The summed E-state index contributed by atoms with van der Waals surface area (Å²) in [6.07, 6.45) is 1.46. The molecule has 12 nitrogen and oxygen atoms in total. The number of amides is 3. The summed E-state index contributed by atoms with van der Waals surface area (Å²) < 4.78 is 5.71. The van der Waals surface area contributed by atoms with Crippen molar-refractivity contribution in [1.29, 1.82) is 0 Å². The van der Waals surface area contributed by atoms with E-state index in [2.05, 4.69) is 20.9 Å². The van der Waals surface area contributed by atoms with E-state index in [1.165, 1.54) is 19.3 Å². The molecule has 170 valence electrons. The van der Waals surface area contributed by atoms with Crippen LogP contribution in [0.1, 0.15) is 16.1 Å². The van der Waals surface area contributed by atoms with Gasteiger partial charge in [-0.15, -0.1) is 0 Å². The normalized spacial score (nSPS) is 10.2. The molecule has 3 amide bonds. The van der Waals surface area contributed by atoms with Crippen LogP contribution in [0, 0.1) is 10.1 Å². The van der Waals surface area contributed by atoms with Crippen molar-refractivity contribution in [2.75, 3.05) is 12.4 Å². The minimum atomic E-state index is -0.859. The number of nitro groups is 1. The van der Waals surface area contributed by atoms with Gasteiger partial charge in [-0.2, -0.15) is 0 Å². The van der Waals surface area contributed by atoms with Crippen LogP contribution in [0.5, 0.6) is 23.0 Å². The van der Waals surface area contributed by atoms with Gasteiger partial charge in [-0.3, -0.25) is 19.9 Å². The molecule has 3 aromatic rings. The van der Waals surface area contributed by atoms with Gasteiger partial charge in [-0.05, 0) is 23.8 Å². The molecule has 0 aliphatic rings. The van der Waals surface area contributed by atoms with E-state index in [4.69, 9.17) is 4.74 Å². The second-order valence-corrected chi connectivity index (χ2v) is 6.62. The number of nitro benzene ring substituents is 1. The maximum atomic E-state index is 12.1. The first-order valence-corrected chi connectivity index (χ1v) is 9.47. The van der Waals surface area contributed by atoms with E-state index >= 15 is 0 Å². The number of phenols is 2. The summed E-state index contributed by atoms with van der Waals surface area (Å²) in [7, 11) is 1.50. The van der Waals surface area contributed by atoms with Crippen molar-refractivity contribution in [2.24, 2.45) is 0 Å². The Morgan fingerprint density at radius 3 is 2.45 bits per heavy atom. The molecule has 0 aliphatic carbocycles. The van der Waals surface area contributed by atoms with Crippen LogP contribution in [-0.4, -0.2) is 39.1 Å². The Kier molecular flexibility index (Phi) is 6.88. The smallest absolute Gasteiger partial charge is 0.319 e. The van der Waals surface area contributed by atoms with E-state index in [0.29, 0.717) is 11.5 Å². The summed E-state index contributed by atoms with van der Waals surface area (Å²) in [4.78, 5) is 37.6. The number of urea groups is 1. The quantitative estimate of drug-likeness (QED) is 0.157. The van der Waals surface area contributed by atoms with Crippen molar-refractivity contribution in [3.8, 4) is 23.0 Å². The number of hydrogen-bond donors (Lipinski definition) is 5. The van der Waals surface area contributed by atoms with Crippen molar-refractivity contribution >= 4 is 23.3 Å². The molecule has 0 unspecified atom stereocenters. The van der Waals surface area contributed by atoms with Gasteiger partial charge < -0.3 is 30.9 Å². The number of rotatable bonds is 7. The Bertz CT molecular complexity index is 1200. The van der Waals surface area contributed by atoms with Crippen LogP contribution in [0.15, 0.2) is 54.7 Å². The second kappa shape index (κ2) is 9.96.